The van der Waals surface area contributed by atoms with E-state index in [0.717, 1.165) is 18.2 Å². The molecule has 0 aliphatic carbocycles. The summed E-state index contributed by atoms with van der Waals surface area (Å²) in [6, 6.07) is 2.45. The van der Waals surface area contributed by atoms with Crippen LogP contribution in [0, 0.1) is 5.41 Å². The Labute approximate surface area is 130 Å². The van der Waals surface area contributed by atoms with Crippen LogP contribution < -0.4 is 10.1 Å². The number of cyclic esters (lactones) is 1. The molecule has 5 nitrogen and oxygen atoms in total. The number of amides is 1. The van der Waals surface area contributed by atoms with Gasteiger partial charge in [0.2, 0.25) is 0 Å². The first-order valence-corrected chi connectivity index (χ1v) is 6.10. The molecule has 1 aromatic rings. The Morgan fingerprint density at radius 1 is 1.41 bits per heavy atom. The van der Waals surface area contributed by atoms with Gasteiger partial charge >= 0.3 is 12.5 Å². The molecule has 22 heavy (non-hydrogen) atoms. The van der Waals surface area contributed by atoms with Gasteiger partial charge in [0.15, 0.2) is 0 Å². The number of halogens is 4. The minimum absolute atomic E-state index is 0. The number of hydrogen-bond donors (Lipinski definition) is 2. The summed E-state index contributed by atoms with van der Waals surface area (Å²) in [5.74, 6) is -0.698. The first-order valence-electron chi connectivity index (χ1n) is 6.10. The molecule has 1 aliphatic heterocycles. The number of aromatic hydroxyl groups is 1. The third kappa shape index (κ3) is 4.09. The zero-order chi connectivity index (χ0) is 15.8. The summed E-state index contributed by atoms with van der Waals surface area (Å²) >= 11 is 0. The third-order valence-electron chi connectivity index (χ3n) is 3.16. The fourth-order valence-electron chi connectivity index (χ4n) is 2.15. The predicted molar refractivity (Wildman–Crippen MR) is 73.0 cm³/mol. The number of phenolic OH excluding ortho intramolecular Hbond substituents is 1. The zero-order valence-electron chi connectivity index (χ0n) is 11.7. The molecule has 0 spiro atoms. The van der Waals surface area contributed by atoms with E-state index in [2.05, 4.69) is 10.1 Å². The van der Waals surface area contributed by atoms with Gasteiger partial charge in [-0.15, -0.1) is 25.6 Å². The van der Waals surface area contributed by atoms with E-state index in [9.17, 15) is 23.1 Å². The van der Waals surface area contributed by atoms with Crippen LogP contribution in [0.1, 0.15) is 25.5 Å². The van der Waals surface area contributed by atoms with E-state index in [4.69, 9.17) is 4.74 Å². The number of carbonyl (C=O) groups is 1. The molecule has 2 N–H and O–H groups in total. The molecule has 0 unspecified atom stereocenters. The summed E-state index contributed by atoms with van der Waals surface area (Å²) in [6.07, 6.45) is -5.52. The van der Waals surface area contributed by atoms with E-state index in [0.29, 0.717) is 0 Å². The molecular weight excluding hydrogens is 327 g/mol. The van der Waals surface area contributed by atoms with Crippen molar-refractivity contribution >= 4 is 18.5 Å². The Kier molecular flexibility index (Phi) is 5.06. The van der Waals surface area contributed by atoms with Gasteiger partial charge in [-0.1, -0.05) is 13.8 Å². The maximum absolute atomic E-state index is 12.3. The highest BCUT2D eigenvalue weighted by atomic mass is 35.5. The first-order chi connectivity index (χ1) is 9.58. The van der Waals surface area contributed by atoms with Crippen molar-refractivity contribution in [2.45, 2.75) is 26.3 Å². The smallest absolute Gasteiger partial charge is 0.508 e. The Balaban J connectivity index is 0.00000242. The number of alkyl halides is 3. The number of ether oxygens (including phenoxy) is 2. The second-order valence-corrected chi connectivity index (χ2v) is 5.41. The summed E-state index contributed by atoms with van der Waals surface area (Å²) in [6.45, 7) is 3.59. The molecule has 1 atom stereocenters. The standard InChI is InChI=1S/C13H14F3NO4.ClH/c1-12(2)6-20-11(19)17-10(12)8-5-7(3-4-9(8)18)21-13(14,15)16;/h3-5,10,18H,6H2,1-2H3,(H,17,19);1H/t10-;/m0./s1. The number of alkyl carbamates (subject to hydrolysis) is 1. The highest BCUT2D eigenvalue weighted by molar-refractivity contribution is 5.85. The van der Waals surface area contributed by atoms with Crippen molar-refractivity contribution in [1.29, 1.82) is 0 Å². The normalized spacial score (nSPS) is 20.4. The zero-order valence-corrected chi connectivity index (χ0v) is 12.5. The molecule has 1 aromatic carbocycles. The Morgan fingerprint density at radius 3 is 2.64 bits per heavy atom. The fourth-order valence-corrected chi connectivity index (χ4v) is 2.15. The lowest BCUT2D eigenvalue weighted by Crippen LogP contribution is -2.46. The SMILES string of the molecule is CC1(C)COC(=O)N[C@H]1c1cc(OC(F)(F)F)ccc1O.Cl. The molecule has 1 heterocycles. The van der Waals surface area contributed by atoms with Gasteiger partial charge in [0, 0.05) is 11.0 Å². The lowest BCUT2D eigenvalue weighted by atomic mass is 9.80. The number of nitrogens with one attached hydrogen (secondary N) is 1. The maximum Gasteiger partial charge on any atom is 0.573 e. The number of rotatable bonds is 2. The molecule has 9 heteroatoms. The Hall–Kier alpha value is -1.83. The van der Waals surface area contributed by atoms with Crippen molar-refractivity contribution < 1.29 is 32.5 Å². The molecule has 1 amide bonds. The summed E-state index contributed by atoms with van der Waals surface area (Å²) in [4.78, 5) is 11.3. The van der Waals surface area contributed by atoms with Crippen LogP contribution >= 0.6 is 12.4 Å². The highest BCUT2D eigenvalue weighted by Gasteiger charge is 2.40. The summed E-state index contributed by atoms with van der Waals surface area (Å²) in [5.41, 5.74) is -0.471. The van der Waals surface area contributed by atoms with Gasteiger partial charge in [0.25, 0.3) is 0 Å². The number of carbonyl (C=O) groups excluding carboxylic acids is 1. The van der Waals surface area contributed by atoms with Crippen molar-refractivity contribution in [2.24, 2.45) is 5.41 Å². The maximum atomic E-state index is 12.3. The molecule has 2 rings (SSSR count). The third-order valence-corrected chi connectivity index (χ3v) is 3.16. The van der Waals surface area contributed by atoms with Gasteiger partial charge in [-0.3, -0.25) is 0 Å². The quantitative estimate of drug-likeness (QED) is 0.863. The molecule has 1 aliphatic rings. The van der Waals surface area contributed by atoms with Gasteiger partial charge in [0.05, 0.1) is 6.04 Å². The molecule has 1 fully saturated rings. The lowest BCUT2D eigenvalue weighted by Gasteiger charge is -2.38. The fraction of sp³-hybridized carbons (Fsp3) is 0.462. The molecule has 1 saturated heterocycles. The van der Waals surface area contributed by atoms with Crippen LogP contribution in [0.4, 0.5) is 18.0 Å². The van der Waals surface area contributed by atoms with E-state index in [1.54, 1.807) is 13.8 Å². The van der Waals surface area contributed by atoms with Crippen LogP contribution in [0.3, 0.4) is 0 Å². The van der Waals surface area contributed by atoms with Crippen molar-refractivity contribution in [1.82, 2.24) is 5.32 Å². The average Bonchev–Trinajstić information content (AvgIpc) is 2.33. The van der Waals surface area contributed by atoms with Gasteiger partial charge in [-0.05, 0) is 18.2 Å². The minimum atomic E-state index is -4.83. The summed E-state index contributed by atoms with van der Waals surface area (Å²) in [5, 5.41) is 12.4. The van der Waals surface area contributed by atoms with Crippen LogP contribution in [0.2, 0.25) is 0 Å². The van der Waals surface area contributed by atoms with Gasteiger partial charge in [0.1, 0.15) is 18.1 Å². The van der Waals surface area contributed by atoms with E-state index in [-0.39, 0.29) is 30.3 Å². The second kappa shape index (κ2) is 6.12. The molecule has 0 aromatic heterocycles. The van der Waals surface area contributed by atoms with Crippen molar-refractivity contribution in [3.63, 3.8) is 0 Å². The van der Waals surface area contributed by atoms with Crippen LogP contribution in [0.5, 0.6) is 11.5 Å². The summed E-state index contributed by atoms with van der Waals surface area (Å²) < 4.78 is 45.4. The van der Waals surface area contributed by atoms with Gasteiger partial charge in [-0.2, -0.15) is 0 Å². The largest absolute Gasteiger partial charge is 0.573 e. The molecule has 0 saturated carbocycles. The summed E-state index contributed by atoms with van der Waals surface area (Å²) in [7, 11) is 0. The second-order valence-electron chi connectivity index (χ2n) is 5.41. The molecule has 124 valence electrons. The molecular formula is C13H15ClF3NO4. The van der Waals surface area contributed by atoms with Gasteiger partial charge < -0.3 is 19.9 Å². The monoisotopic (exact) mass is 341 g/mol. The van der Waals surface area contributed by atoms with Crippen molar-refractivity contribution in [2.75, 3.05) is 6.61 Å². The molecule has 0 bridgehead atoms. The Morgan fingerprint density at radius 2 is 2.05 bits per heavy atom. The van der Waals surface area contributed by atoms with Crippen molar-refractivity contribution in [3.05, 3.63) is 23.8 Å². The van der Waals surface area contributed by atoms with Crippen molar-refractivity contribution in [3.8, 4) is 11.5 Å². The lowest BCUT2D eigenvalue weighted by molar-refractivity contribution is -0.274. The van der Waals surface area contributed by atoms with Crippen LogP contribution in [0.15, 0.2) is 18.2 Å². The number of phenols is 1. The van der Waals surface area contributed by atoms with Crippen LogP contribution in [-0.2, 0) is 4.74 Å². The van der Waals surface area contributed by atoms with Crippen LogP contribution in [-0.4, -0.2) is 24.2 Å². The first kappa shape index (κ1) is 18.2. The topological polar surface area (TPSA) is 67.8 Å². The van der Waals surface area contributed by atoms with E-state index >= 15 is 0 Å². The van der Waals surface area contributed by atoms with Crippen LogP contribution in [0.25, 0.3) is 0 Å². The van der Waals surface area contributed by atoms with E-state index in [1.165, 1.54) is 0 Å². The molecule has 0 radical (unpaired) electrons. The van der Waals surface area contributed by atoms with E-state index < -0.39 is 29.7 Å². The predicted octanol–water partition coefficient (Wildman–Crippen LogP) is 3.52. The highest BCUT2D eigenvalue weighted by Crippen LogP contribution is 2.41. The average molecular weight is 342 g/mol. The minimum Gasteiger partial charge on any atom is -0.508 e. The Bertz CT molecular complexity index is 563. The number of benzene rings is 1. The van der Waals surface area contributed by atoms with E-state index in [1.807, 2.05) is 0 Å². The number of hydrogen-bond acceptors (Lipinski definition) is 4. The van der Waals surface area contributed by atoms with Gasteiger partial charge in [-0.25, -0.2) is 4.79 Å².